The van der Waals surface area contributed by atoms with E-state index in [1.165, 1.54) is 24.3 Å². The molecule has 0 aromatic heterocycles. The summed E-state index contributed by atoms with van der Waals surface area (Å²) in [7, 11) is -4.12. The van der Waals surface area contributed by atoms with E-state index in [2.05, 4.69) is 5.32 Å². The van der Waals surface area contributed by atoms with Crippen LogP contribution in [0.5, 0.6) is 0 Å². The normalized spacial score (nSPS) is 17.4. The second-order valence-corrected chi connectivity index (χ2v) is 10.4. The lowest BCUT2D eigenvalue weighted by molar-refractivity contribution is -0.137. The molecule has 1 aliphatic rings. The van der Waals surface area contributed by atoms with Gasteiger partial charge in [0.25, 0.3) is 0 Å². The van der Waals surface area contributed by atoms with Crippen LogP contribution in [0.1, 0.15) is 36.5 Å². The maximum Gasteiger partial charge on any atom is 0.416 e. The molecule has 1 saturated heterocycles. The number of piperazine rings is 1. The Morgan fingerprint density at radius 2 is 1.66 bits per heavy atom. The molecule has 0 spiro atoms. The van der Waals surface area contributed by atoms with Crippen LogP contribution >= 0.6 is 0 Å². The van der Waals surface area contributed by atoms with Crippen LogP contribution in [-0.2, 0) is 27.5 Å². The Morgan fingerprint density at radius 3 is 2.17 bits per heavy atom. The predicted molar refractivity (Wildman–Crippen MR) is 121 cm³/mol. The van der Waals surface area contributed by atoms with E-state index in [1.807, 2.05) is 13.8 Å². The van der Waals surface area contributed by atoms with Crippen LogP contribution in [0.3, 0.4) is 0 Å². The lowest BCUT2D eigenvalue weighted by atomic mass is 10.0. The Balaban J connectivity index is 1.80. The molecule has 12 heteroatoms. The Hall–Kier alpha value is -3.12. The first kappa shape index (κ1) is 26.5. The van der Waals surface area contributed by atoms with E-state index >= 15 is 0 Å². The molecular formula is C23H26F3N3O5S. The van der Waals surface area contributed by atoms with E-state index in [4.69, 9.17) is 0 Å². The van der Waals surface area contributed by atoms with Crippen LogP contribution in [0.15, 0.2) is 53.4 Å². The summed E-state index contributed by atoms with van der Waals surface area (Å²) in [6.45, 7) is 3.06. The zero-order valence-electron chi connectivity index (χ0n) is 19.1. The van der Waals surface area contributed by atoms with Gasteiger partial charge in [-0.15, -0.1) is 0 Å². The fourth-order valence-electron chi connectivity index (χ4n) is 3.72. The zero-order valence-corrected chi connectivity index (χ0v) is 19.9. The maximum absolute atomic E-state index is 13.3. The van der Waals surface area contributed by atoms with Crippen molar-refractivity contribution >= 4 is 22.0 Å². The largest absolute Gasteiger partial charge is 0.465 e. The molecule has 2 N–H and O–H groups in total. The molecular weight excluding hydrogens is 487 g/mol. The van der Waals surface area contributed by atoms with Gasteiger partial charge in [0.05, 0.1) is 10.5 Å². The highest BCUT2D eigenvalue weighted by atomic mass is 32.2. The van der Waals surface area contributed by atoms with Gasteiger partial charge in [-0.3, -0.25) is 4.79 Å². The Labute approximate surface area is 201 Å². The number of sulfonamides is 1. The van der Waals surface area contributed by atoms with E-state index in [0.29, 0.717) is 5.56 Å². The second-order valence-electron chi connectivity index (χ2n) is 8.50. The summed E-state index contributed by atoms with van der Waals surface area (Å²) in [4.78, 5) is 25.4. The Kier molecular flexibility index (Phi) is 7.75. The summed E-state index contributed by atoms with van der Waals surface area (Å²) in [5.41, 5.74) is 0.471. The van der Waals surface area contributed by atoms with Crippen molar-refractivity contribution in [3.05, 3.63) is 65.2 Å². The van der Waals surface area contributed by atoms with Gasteiger partial charge in [-0.05, 0) is 41.3 Å². The first-order chi connectivity index (χ1) is 16.3. The number of hydrogen-bond donors (Lipinski definition) is 2. The third-order valence-electron chi connectivity index (χ3n) is 5.81. The van der Waals surface area contributed by atoms with Gasteiger partial charge in [-0.1, -0.05) is 38.1 Å². The minimum atomic E-state index is -4.49. The molecule has 0 aliphatic carbocycles. The molecule has 1 atom stereocenters. The van der Waals surface area contributed by atoms with Crippen molar-refractivity contribution in [2.45, 2.75) is 43.4 Å². The van der Waals surface area contributed by atoms with Crippen LogP contribution in [0, 0.1) is 0 Å². The average Bonchev–Trinajstić information content (AvgIpc) is 2.81. The van der Waals surface area contributed by atoms with Crippen LogP contribution in [0.25, 0.3) is 0 Å². The molecule has 2 aromatic carbocycles. The molecule has 1 unspecified atom stereocenters. The minimum Gasteiger partial charge on any atom is -0.465 e. The van der Waals surface area contributed by atoms with Crippen molar-refractivity contribution in [1.29, 1.82) is 0 Å². The van der Waals surface area contributed by atoms with Gasteiger partial charge >= 0.3 is 12.3 Å². The standard InChI is InChI=1S/C23H26F3N3O5S/c1-15(2)17-5-9-19(10-6-17)35(33,34)29-12-11-28(22(31)32)14-20(29)21(30)27-13-16-3-7-18(8-4-16)23(24,25)26/h3-10,15,20H,11-14H2,1-2H3,(H,27,30)(H,31,32). The Bertz CT molecular complexity index is 1170. The number of amides is 2. The molecule has 1 fully saturated rings. The molecule has 1 aliphatic heterocycles. The number of hydrogen-bond acceptors (Lipinski definition) is 4. The highest BCUT2D eigenvalue weighted by Gasteiger charge is 2.41. The van der Waals surface area contributed by atoms with Gasteiger partial charge in [0, 0.05) is 26.2 Å². The highest BCUT2D eigenvalue weighted by molar-refractivity contribution is 7.89. The second kappa shape index (κ2) is 10.2. The number of alkyl halides is 3. The smallest absolute Gasteiger partial charge is 0.416 e. The van der Waals surface area contributed by atoms with E-state index in [0.717, 1.165) is 26.9 Å². The minimum absolute atomic E-state index is 0.0220. The number of nitrogens with one attached hydrogen (secondary N) is 1. The highest BCUT2D eigenvalue weighted by Crippen LogP contribution is 2.29. The zero-order chi connectivity index (χ0) is 26.0. The molecule has 0 radical (unpaired) electrons. The monoisotopic (exact) mass is 513 g/mol. The average molecular weight is 514 g/mol. The van der Waals surface area contributed by atoms with Crippen LogP contribution < -0.4 is 5.32 Å². The van der Waals surface area contributed by atoms with Gasteiger partial charge in [0.2, 0.25) is 15.9 Å². The fraction of sp³-hybridized carbons (Fsp3) is 0.391. The van der Waals surface area contributed by atoms with Crippen LogP contribution in [0.4, 0.5) is 18.0 Å². The molecule has 2 aromatic rings. The first-order valence-electron chi connectivity index (χ1n) is 10.8. The molecule has 1 heterocycles. The van der Waals surface area contributed by atoms with Crippen molar-refractivity contribution < 1.29 is 36.3 Å². The third kappa shape index (κ3) is 6.12. The molecule has 2 amide bonds. The van der Waals surface area contributed by atoms with Crippen molar-refractivity contribution in [2.24, 2.45) is 0 Å². The predicted octanol–water partition coefficient (Wildman–Crippen LogP) is 3.50. The number of carbonyl (C=O) groups is 2. The van der Waals surface area contributed by atoms with Gasteiger partial charge in [0.1, 0.15) is 6.04 Å². The summed E-state index contributed by atoms with van der Waals surface area (Å²) in [5.74, 6) is -0.562. The van der Waals surface area contributed by atoms with Crippen molar-refractivity contribution in [3.8, 4) is 0 Å². The number of benzene rings is 2. The molecule has 0 saturated carbocycles. The molecule has 3 rings (SSSR count). The summed E-state index contributed by atoms with van der Waals surface area (Å²) in [6.07, 6.45) is -5.78. The summed E-state index contributed by atoms with van der Waals surface area (Å²) < 4.78 is 65.9. The SMILES string of the molecule is CC(C)c1ccc(S(=O)(=O)N2CCN(C(=O)O)CC2C(=O)NCc2ccc(C(F)(F)F)cc2)cc1. The number of rotatable bonds is 6. The van der Waals surface area contributed by atoms with Gasteiger partial charge in [-0.25, -0.2) is 13.2 Å². The van der Waals surface area contributed by atoms with E-state index < -0.39 is 39.8 Å². The quantitative estimate of drug-likeness (QED) is 0.615. The molecule has 190 valence electrons. The number of carbonyl (C=O) groups excluding carboxylic acids is 1. The van der Waals surface area contributed by atoms with Crippen molar-refractivity contribution in [3.63, 3.8) is 0 Å². The number of carboxylic acid groups (broad SMARTS) is 1. The number of nitrogens with zero attached hydrogens (tertiary/aromatic N) is 2. The third-order valence-corrected chi connectivity index (χ3v) is 7.73. The van der Waals surface area contributed by atoms with Gasteiger partial charge < -0.3 is 15.3 Å². The fourth-order valence-corrected chi connectivity index (χ4v) is 5.29. The molecule has 8 nitrogen and oxygen atoms in total. The van der Waals surface area contributed by atoms with Crippen molar-refractivity contribution in [1.82, 2.24) is 14.5 Å². The van der Waals surface area contributed by atoms with E-state index in [-0.39, 0.29) is 37.0 Å². The van der Waals surface area contributed by atoms with E-state index in [9.17, 15) is 36.3 Å². The molecule has 0 bridgehead atoms. The Morgan fingerprint density at radius 1 is 1.06 bits per heavy atom. The van der Waals surface area contributed by atoms with Crippen LogP contribution in [0.2, 0.25) is 0 Å². The summed E-state index contributed by atoms with van der Waals surface area (Å²) >= 11 is 0. The maximum atomic E-state index is 13.3. The summed E-state index contributed by atoms with van der Waals surface area (Å²) in [6, 6.07) is 9.10. The number of halogens is 3. The van der Waals surface area contributed by atoms with Crippen LogP contribution in [-0.4, -0.2) is 60.4 Å². The lowest BCUT2D eigenvalue weighted by Gasteiger charge is -2.38. The summed E-state index contributed by atoms with van der Waals surface area (Å²) in [5, 5.41) is 11.9. The molecule has 35 heavy (non-hydrogen) atoms. The first-order valence-corrected chi connectivity index (χ1v) is 12.3. The van der Waals surface area contributed by atoms with E-state index in [1.54, 1.807) is 12.1 Å². The van der Waals surface area contributed by atoms with Gasteiger partial charge in [0.15, 0.2) is 0 Å². The van der Waals surface area contributed by atoms with Crippen molar-refractivity contribution in [2.75, 3.05) is 19.6 Å². The topological polar surface area (TPSA) is 107 Å². The lowest BCUT2D eigenvalue weighted by Crippen LogP contribution is -2.61. The van der Waals surface area contributed by atoms with Gasteiger partial charge in [-0.2, -0.15) is 17.5 Å².